The first kappa shape index (κ1) is 25.0. The normalized spacial score (nSPS) is 14.6. The van der Waals surface area contributed by atoms with Crippen molar-refractivity contribution in [1.82, 2.24) is 10.6 Å². The van der Waals surface area contributed by atoms with E-state index in [1.165, 1.54) is 44.4 Å². The number of anilines is 1. The molecule has 0 aromatic heterocycles. The number of benzene rings is 2. The molecule has 0 spiro atoms. The lowest BCUT2D eigenvalue weighted by molar-refractivity contribution is -0.127. The van der Waals surface area contributed by atoms with E-state index in [0.29, 0.717) is 11.4 Å². The van der Waals surface area contributed by atoms with Gasteiger partial charge >= 0.3 is 12.0 Å². The number of hydrogen-bond acceptors (Lipinski definition) is 7. The Morgan fingerprint density at radius 1 is 1.03 bits per heavy atom. The Morgan fingerprint density at radius 3 is 2.35 bits per heavy atom. The average Bonchev–Trinajstić information content (AvgIpc) is 3.32. The van der Waals surface area contributed by atoms with Crippen molar-refractivity contribution in [3.8, 4) is 5.75 Å². The second-order valence-corrected chi connectivity index (χ2v) is 9.54. The number of ether oxygens (including phenoxy) is 2. The maximum atomic E-state index is 12.7. The summed E-state index contributed by atoms with van der Waals surface area (Å²) in [5.74, 6) is -1.11. The van der Waals surface area contributed by atoms with Crippen LogP contribution in [0.15, 0.2) is 53.4 Å². The molecule has 0 radical (unpaired) electrons. The number of esters is 1. The molecule has 10 nitrogen and oxygen atoms in total. The Balaban J connectivity index is 1.60. The van der Waals surface area contributed by atoms with E-state index in [1.54, 1.807) is 12.1 Å². The van der Waals surface area contributed by atoms with Gasteiger partial charge in [-0.05, 0) is 62.2 Å². The molecule has 1 saturated carbocycles. The predicted molar refractivity (Wildman–Crippen MR) is 124 cm³/mol. The van der Waals surface area contributed by atoms with E-state index in [0.717, 1.165) is 31.7 Å². The molecule has 3 rings (SSSR count). The van der Waals surface area contributed by atoms with Crippen molar-refractivity contribution in [1.29, 1.82) is 0 Å². The van der Waals surface area contributed by atoms with Crippen LogP contribution in [-0.2, 0) is 19.6 Å². The van der Waals surface area contributed by atoms with Crippen molar-refractivity contribution in [2.24, 2.45) is 0 Å². The molecule has 1 aliphatic rings. The van der Waals surface area contributed by atoms with Crippen molar-refractivity contribution in [2.75, 3.05) is 11.8 Å². The third-order valence-corrected chi connectivity index (χ3v) is 6.68. The number of methoxy groups -OCH3 is 1. The second kappa shape index (κ2) is 11.0. The third-order valence-electron chi connectivity index (χ3n) is 5.30. The molecule has 1 atom stereocenters. The van der Waals surface area contributed by atoms with Gasteiger partial charge in [-0.15, -0.1) is 0 Å². The first-order valence-electron chi connectivity index (χ1n) is 10.8. The molecule has 3 amide bonds. The minimum absolute atomic E-state index is 0.0295. The summed E-state index contributed by atoms with van der Waals surface area (Å²) in [6.45, 7) is 1.32. The van der Waals surface area contributed by atoms with Crippen LogP contribution in [0.2, 0.25) is 0 Å². The maximum Gasteiger partial charge on any atom is 0.338 e. The zero-order chi connectivity index (χ0) is 24.7. The van der Waals surface area contributed by atoms with Gasteiger partial charge in [-0.2, -0.15) is 0 Å². The lowest BCUT2D eigenvalue weighted by Crippen LogP contribution is -2.47. The summed E-state index contributed by atoms with van der Waals surface area (Å²) in [5, 5.41) is 4.86. The molecule has 0 heterocycles. The summed E-state index contributed by atoms with van der Waals surface area (Å²) >= 11 is 0. The van der Waals surface area contributed by atoms with Crippen LogP contribution in [0.4, 0.5) is 10.5 Å². The molecule has 2 aromatic carbocycles. The van der Waals surface area contributed by atoms with Crippen LogP contribution in [0.1, 0.15) is 43.0 Å². The monoisotopic (exact) mass is 489 g/mol. The van der Waals surface area contributed by atoms with Crippen molar-refractivity contribution in [3.05, 3.63) is 54.1 Å². The van der Waals surface area contributed by atoms with Crippen molar-refractivity contribution in [3.63, 3.8) is 0 Å². The highest BCUT2D eigenvalue weighted by Crippen LogP contribution is 2.20. The van der Waals surface area contributed by atoms with Crippen LogP contribution in [0.25, 0.3) is 0 Å². The molecule has 1 aliphatic carbocycles. The molecule has 182 valence electrons. The summed E-state index contributed by atoms with van der Waals surface area (Å²) in [6, 6.07) is 10.9. The zero-order valence-corrected chi connectivity index (χ0v) is 19.7. The standard InChI is InChI=1S/C23H27N3O7S/c1-15(21(27)25-23(29)24-17-7-3-4-8-17)33-22(28)16-6-5-9-20(14-16)34(30,31)26-18-10-12-19(32-2)13-11-18/h5-6,9-15,17,26H,3-4,7-8H2,1-2H3,(H2,24,25,27,29). The van der Waals surface area contributed by atoms with Gasteiger partial charge in [0.1, 0.15) is 5.75 Å². The molecule has 1 unspecified atom stereocenters. The van der Waals surface area contributed by atoms with E-state index >= 15 is 0 Å². The predicted octanol–water partition coefficient (Wildman–Crippen LogP) is 2.81. The van der Waals surface area contributed by atoms with E-state index < -0.39 is 34.0 Å². The molecule has 11 heteroatoms. The van der Waals surface area contributed by atoms with Gasteiger partial charge < -0.3 is 14.8 Å². The zero-order valence-electron chi connectivity index (χ0n) is 18.9. The summed E-state index contributed by atoms with van der Waals surface area (Å²) in [5.41, 5.74) is 0.252. The SMILES string of the molecule is COc1ccc(NS(=O)(=O)c2cccc(C(=O)OC(C)C(=O)NC(=O)NC3CCCC3)c2)cc1. The quantitative estimate of drug-likeness (QED) is 0.484. The minimum atomic E-state index is -3.99. The van der Waals surface area contributed by atoms with Crippen molar-refractivity contribution < 1.29 is 32.3 Å². The third kappa shape index (κ3) is 6.70. The summed E-state index contributed by atoms with van der Waals surface area (Å²) < 4.78 is 38.0. The van der Waals surface area contributed by atoms with Crippen LogP contribution in [0.5, 0.6) is 5.75 Å². The number of rotatable bonds is 8. The summed E-state index contributed by atoms with van der Waals surface area (Å²) in [7, 11) is -2.49. The lowest BCUT2D eigenvalue weighted by atomic mass is 10.2. The lowest BCUT2D eigenvalue weighted by Gasteiger charge is -2.16. The topological polar surface area (TPSA) is 140 Å². The van der Waals surface area contributed by atoms with Crippen LogP contribution < -0.4 is 20.1 Å². The summed E-state index contributed by atoms with van der Waals surface area (Å²) in [6.07, 6.45) is 2.51. The smallest absolute Gasteiger partial charge is 0.338 e. The first-order valence-corrected chi connectivity index (χ1v) is 12.3. The number of hydrogen-bond donors (Lipinski definition) is 3. The molecule has 0 aliphatic heterocycles. The Labute approximate surface area is 198 Å². The molecule has 0 bridgehead atoms. The molecule has 2 aromatic rings. The number of nitrogens with one attached hydrogen (secondary N) is 3. The van der Waals surface area contributed by atoms with Crippen LogP contribution in [0, 0.1) is 0 Å². The van der Waals surface area contributed by atoms with Crippen LogP contribution >= 0.6 is 0 Å². The summed E-state index contributed by atoms with van der Waals surface area (Å²) in [4.78, 5) is 36.5. The highest BCUT2D eigenvalue weighted by atomic mass is 32.2. The molecular weight excluding hydrogens is 462 g/mol. The molecule has 34 heavy (non-hydrogen) atoms. The Bertz CT molecular complexity index is 1140. The first-order chi connectivity index (χ1) is 16.2. The fraction of sp³-hybridized carbons (Fsp3) is 0.348. The fourth-order valence-corrected chi connectivity index (χ4v) is 4.55. The van der Waals surface area contributed by atoms with E-state index in [-0.39, 0.29) is 16.5 Å². The number of carbonyl (C=O) groups is 3. The maximum absolute atomic E-state index is 12.7. The average molecular weight is 490 g/mol. The number of urea groups is 1. The van der Waals surface area contributed by atoms with Gasteiger partial charge in [-0.3, -0.25) is 14.8 Å². The Hall–Kier alpha value is -3.60. The molecule has 1 fully saturated rings. The Morgan fingerprint density at radius 2 is 1.71 bits per heavy atom. The van der Waals surface area contributed by atoms with Gasteiger partial charge in [0.25, 0.3) is 15.9 Å². The number of amides is 3. The van der Waals surface area contributed by atoms with E-state index in [9.17, 15) is 22.8 Å². The molecule has 3 N–H and O–H groups in total. The number of carbonyl (C=O) groups excluding carboxylic acids is 3. The second-order valence-electron chi connectivity index (χ2n) is 7.85. The number of sulfonamides is 1. The van der Waals surface area contributed by atoms with Gasteiger partial charge in [0.05, 0.1) is 17.6 Å². The van der Waals surface area contributed by atoms with Gasteiger partial charge in [-0.25, -0.2) is 18.0 Å². The fourth-order valence-electron chi connectivity index (χ4n) is 3.45. The van der Waals surface area contributed by atoms with E-state index in [4.69, 9.17) is 9.47 Å². The van der Waals surface area contributed by atoms with Gasteiger partial charge in [0.2, 0.25) is 0 Å². The van der Waals surface area contributed by atoms with Crippen molar-refractivity contribution >= 4 is 33.6 Å². The van der Waals surface area contributed by atoms with Gasteiger partial charge in [0.15, 0.2) is 6.10 Å². The Kier molecular flexibility index (Phi) is 8.11. The molecule has 0 saturated heterocycles. The van der Waals surface area contributed by atoms with E-state index in [1.807, 2.05) is 0 Å². The highest BCUT2D eigenvalue weighted by molar-refractivity contribution is 7.92. The van der Waals surface area contributed by atoms with Crippen molar-refractivity contribution in [2.45, 2.75) is 49.6 Å². The minimum Gasteiger partial charge on any atom is -0.497 e. The van der Waals surface area contributed by atoms with Crippen LogP contribution in [0.3, 0.4) is 0 Å². The van der Waals surface area contributed by atoms with Gasteiger partial charge in [0, 0.05) is 11.7 Å². The highest BCUT2D eigenvalue weighted by Gasteiger charge is 2.24. The van der Waals surface area contributed by atoms with Crippen LogP contribution in [-0.4, -0.2) is 45.6 Å². The largest absolute Gasteiger partial charge is 0.497 e. The van der Waals surface area contributed by atoms with Gasteiger partial charge in [-0.1, -0.05) is 18.9 Å². The number of imide groups is 1. The van der Waals surface area contributed by atoms with E-state index in [2.05, 4.69) is 15.4 Å². The molecular formula is C23H27N3O7S.